The second-order valence-corrected chi connectivity index (χ2v) is 6.73. The van der Waals surface area contributed by atoms with Gasteiger partial charge in [-0.3, -0.25) is 4.79 Å². The monoisotopic (exact) mass is 331 g/mol. The summed E-state index contributed by atoms with van der Waals surface area (Å²) in [5, 5.41) is 0. The molecule has 0 unspecified atom stereocenters. The van der Waals surface area contributed by atoms with Crippen LogP contribution >= 0.6 is 0 Å². The number of alkyl halides is 3. The van der Waals surface area contributed by atoms with Gasteiger partial charge in [0.05, 0.1) is 0 Å². The predicted octanol–water partition coefficient (Wildman–Crippen LogP) is 3.87. The standard InChI is InChI=1S/C13H24F3NO3S/c1-2-3-4-5-6-7-8-9-10-11-12(18)17-21(19,20)13(14,15)16/h2-11H2,1H3,(H,17,18). The Labute approximate surface area is 124 Å². The van der Waals surface area contributed by atoms with E-state index >= 15 is 0 Å². The number of nitrogens with one attached hydrogen (secondary N) is 1. The third-order valence-corrected chi connectivity index (χ3v) is 4.17. The first-order valence-corrected chi connectivity index (χ1v) is 8.81. The van der Waals surface area contributed by atoms with E-state index in [4.69, 9.17) is 0 Å². The fourth-order valence-electron chi connectivity index (χ4n) is 1.85. The maximum atomic E-state index is 12.0. The van der Waals surface area contributed by atoms with Gasteiger partial charge in [-0.05, 0) is 6.42 Å². The molecule has 21 heavy (non-hydrogen) atoms. The van der Waals surface area contributed by atoms with Crippen LogP contribution in [0.4, 0.5) is 13.2 Å². The number of hydrogen-bond acceptors (Lipinski definition) is 3. The summed E-state index contributed by atoms with van der Waals surface area (Å²) in [7, 11) is -5.56. The molecule has 0 aliphatic heterocycles. The minimum atomic E-state index is -5.56. The first-order valence-electron chi connectivity index (χ1n) is 7.32. The molecule has 0 aromatic rings. The highest BCUT2D eigenvalue weighted by molar-refractivity contribution is 7.90. The molecule has 0 fully saturated rings. The van der Waals surface area contributed by atoms with Crippen LogP contribution < -0.4 is 4.72 Å². The summed E-state index contributed by atoms with van der Waals surface area (Å²) in [5.74, 6) is -1.10. The van der Waals surface area contributed by atoms with Crippen molar-refractivity contribution in [2.75, 3.05) is 0 Å². The summed E-state index contributed by atoms with van der Waals surface area (Å²) in [6.07, 6.45) is 8.79. The molecule has 0 saturated heterocycles. The van der Waals surface area contributed by atoms with Crippen molar-refractivity contribution < 1.29 is 26.4 Å². The topological polar surface area (TPSA) is 63.2 Å². The number of unbranched alkanes of at least 4 members (excludes halogenated alkanes) is 8. The normalized spacial score (nSPS) is 12.4. The van der Waals surface area contributed by atoms with E-state index in [1.807, 2.05) is 0 Å². The lowest BCUT2D eigenvalue weighted by Gasteiger charge is -2.09. The smallest absolute Gasteiger partial charge is 0.274 e. The lowest BCUT2D eigenvalue weighted by Crippen LogP contribution is -2.40. The number of halogens is 3. The first kappa shape index (κ1) is 20.2. The predicted molar refractivity (Wildman–Crippen MR) is 75.0 cm³/mol. The first-order chi connectivity index (χ1) is 9.70. The van der Waals surface area contributed by atoms with Gasteiger partial charge in [0.15, 0.2) is 0 Å². The molecule has 0 aromatic heterocycles. The van der Waals surface area contributed by atoms with Crippen LogP contribution in [0.15, 0.2) is 0 Å². The maximum absolute atomic E-state index is 12.0. The Morgan fingerprint density at radius 3 is 1.76 bits per heavy atom. The van der Waals surface area contributed by atoms with Gasteiger partial charge in [0.1, 0.15) is 0 Å². The summed E-state index contributed by atoms with van der Waals surface area (Å²) >= 11 is 0. The van der Waals surface area contributed by atoms with Crippen LogP contribution in [0.5, 0.6) is 0 Å². The molecule has 0 bridgehead atoms. The van der Waals surface area contributed by atoms with Gasteiger partial charge in [0.2, 0.25) is 5.91 Å². The Bertz CT molecular complexity index is 394. The van der Waals surface area contributed by atoms with E-state index in [0.29, 0.717) is 12.8 Å². The molecule has 0 rings (SSSR count). The number of amides is 1. The lowest BCUT2D eigenvalue weighted by molar-refractivity contribution is -0.120. The van der Waals surface area contributed by atoms with Crippen LogP contribution in [0.3, 0.4) is 0 Å². The molecule has 0 heterocycles. The number of hydrogen-bond donors (Lipinski definition) is 1. The Hall–Kier alpha value is -0.790. The molecule has 4 nitrogen and oxygen atoms in total. The van der Waals surface area contributed by atoms with Crippen LogP contribution in [0.25, 0.3) is 0 Å². The molecule has 0 aromatic carbocycles. The molecular weight excluding hydrogens is 307 g/mol. The van der Waals surface area contributed by atoms with E-state index in [1.165, 1.54) is 25.7 Å². The minimum absolute atomic E-state index is 0.203. The van der Waals surface area contributed by atoms with E-state index in [9.17, 15) is 26.4 Å². The summed E-state index contributed by atoms with van der Waals surface area (Å²) in [6.45, 7) is 2.14. The molecule has 0 aliphatic rings. The number of carbonyl (C=O) groups excluding carboxylic acids is 1. The van der Waals surface area contributed by atoms with Crippen LogP contribution in [-0.2, 0) is 14.8 Å². The van der Waals surface area contributed by atoms with Crippen molar-refractivity contribution in [3.05, 3.63) is 0 Å². The van der Waals surface area contributed by atoms with Crippen molar-refractivity contribution in [3.8, 4) is 0 Å². The van der Waals surface area contributed by atoms with Crippen molar-refractivity contribution in [3.63, 3.8) is 0 Å². The average molecular weight is 331 g/mol. The molecule has 0 atom stereocenters. The largest absolute Gasteiger partial charge is 0.516 e. The van der Waals surface area contributed by atoms with E-state index < -0.39 is 21.4 Å². The SMILES string of the molecule is CCCCCCCCCCCC(=O)NS(=O)(=O)C(F)(F)F. The van der Waals surface area contributed by atoms with Gasteiger partial charge in [-0.1, -0.05) is 58.3 Å². The van der Waals surface area contributed by atoms with Gasteiger partial charge in [-0.25, -0.2) is 4.72 Å². The van der Waals surface area contributed by atoms with Crippen molar-refractivity contribution in [2.45, 2.75) is 76.6 Å². The number of rotatable bonds is 11. The highest BCUT2D eigenvalue weighted by Gasteiger charge is 2.46. The van der Waals surface area contributed by atoms with Crippen LogP contribution in [0.1, 0.15) is 71.1 Å². The molecule has 126 valence electrons. The summed E-state index contributed by atoms with van der Waals surface area (Å²) in [6, 6.07) is 0. The van der Waals surface area contributed by atoms with Crippen LogP contribution in [0.2, 0.25) is 0 Å². The van der Waals surface area contributed by atoms with Crippen molar-refractivity contribution in [2.24, 2.45) is 0 Å². The fraction of sp³-hybridized carbons (Fsp3) is 0.923. The minimum Gasteiger partial charge on any atom is -0.274 e. The molecule has 8 heteroatoms. The van der Waals surface area contributed by atoms with Gasteiger partial charge in [0.25, 0.3) is 0 Å². The molecule has 1 N–H and O–H groups in total. The van der Waals surface area contributed by atoms with Gasteiger partial charge in [-0.2, -0.15) is 21.6 Å². The van der Waals surface area contributed by atoms with Crippen LogP contribution in [-0.4, -0.2) is 19.8 Å². The molecule has 0 saturated carbocycles. The Morgan fingerprint density at radius 1 is 0.905 bits per heavy atom. The Morgan fingerprint density at radius 2 is 1.33 bits per heavy atom. The molecule has 0 aliphatic carbocycles. The Balaban J connectivity index is 3.64. The third-order valence-electron chi connectivity index (χ3n) is 3.06. The molecule has 0 radical (unpaired) electrons. The Kier molecular flexibility index (Phi) is 9.65. The van der Waals surface area contributed by atoms with E-state index in [-0.39, 0.29) is 6.42 Å². The second-order valence-electron chi connectivity index (χ2n) is 5.05. The molecule has 1 amide bonds. The van der Waals surface area contributed by atoms with Crippen molar-refractivity contribution in [1.29, 1.82) is 0 Å². The zero-order chi connectivity index (χ0) is 16.4. The van der Waals surface area contributed by atoms with Crippen molar-refractivity contribution in [1.82, 2.24) is 4.72 Å². The van der Waals surface area contributed by atoms with E-state index in [2.05, 4.69) is 6.92 Å². The highest BCUT2D eigenvalue weighted by atomic mass is 32.2. The molecular formula is C13H24F3NO3S. The van der Waals surface area contributed by atoms with E-state index in [1.54, 1.807) is 0 Å². The lowest BCUT2D eigenvalue weighted by atomic mass is 10.1. The number of carbonyl (C=O) groups is 1. The summed E-state index contributed by atoms with van der Waals surface area (Å²) in [4.78, 5) is 11.1. The van der Waals surface area contributed by atoms with E-state index in [0.717, 1.165) is 24.0 Å². The molecule has 0 spiro atoms. The maximum Gasteiger partial charge on any atom is 0.516 e. The average Bonchev–Trinajstić information content (AvgIpc) is 2.35. The quantitative estimate of drug-likeness (QED) is 0.585. The summed E-state index contributed by atoms with van der Waals surface area (Å²) in [5.41, 5.74) is -5.44. The zero-order valence-corrected chi connectivity index (χ0v) is 13.2. The summed E-state index contributed by atoms with van der Waals surface area (Å²) < 4.78 is 58.4. The highest BCUT2D eigenvalue weighted by Crippen LogP contribution is 2.21. The second kappa shape index (κ2) is 10.0. The van der Waals surface area contributed by atoms with Gasteiger partial charge >= 0.3 is 15.5 Å². The van der Waals surface area contributed by atoms with Crippen LogP contribution in [0, 0.1) is 0 Å². The fourth-order valence-corrected chi connectivity index (χ4v) is 2.37. The number of sulfonamides is 1. The van der Waals surface area contributed by atoms with Gasteiger partial charge < -0.3 is 0 Å². The zero-order valence-electron chi connectivity index (χ0n) is 12.3. The van der Waals surface area contributed by atoms with Gasteiger partial charge in [0, 0.05) is 6.42 Å². The van der Waals surface area contributed by atoms with Crippen molar-refractivity contribution >= 4 is 15.9 Å². The third kappa shape index (κ3) is 9.71. The van der Waals surface area contributed by atoms with Gasteiger partial charge in [-0.15, -0.1) is 0 Å².